The van der Waals surface area contributed by atoms with E-state index in [0.717, 1.165) is 6.61 Å². The van der Waals surface area contributed by atoms with Gasteiger partial charge in [0, 0.05) is 0 Å². The van der Waals surface area contributed by atoms with Crippen LogP contribution < -0.4 is 0 Å². The van der Waals surface area contributed by atoms with Gasteiger partial charge in [0.2, 0.25) is 0 Å². The molecule has 0 aromatic carbocycles. The summed E-state index contributed by atoms with van der Waals surface area (Å²) in [7, 11) is 0. The van der Waals surface area contributed by atoms with Crippen LogP contribution in [0, 0.1) is 0 Å². The number of allylic oxidation sites excluding steroid dienone is 2. The molecule has 2 heteroatoms. The van der Waals surface area contributed by atoms with Crippen molar-refractivity contribution in [1.29, 1.82) is 0 Å². The summed E-state index contributed by atoms with van der Waals surface area (Å²) in [5.74, 6) is 0. The van der Waals surface area contributed by atoms with Crippen LogP contribution in [0.15, 0.2) is 12.2 Å². The zero-order valence-electron chi connectivity index (χ0n) is 12.0. The summed E-state index contributed by atoms with van der Waals surface area (Å²) in [6.07, 6.45) is 10.3. The number of ether oxygens (including phenoxy) is 1. The van der Waals surface area contributed by atoms with Crippen molar-refractivity contribution in [2.24, 2.45) is 0 Å². The molecule has 0 radical (unpaired) electrons. The number of unbranched alkanes of at least 4 members (excludes halogenated alkanes) is 3. The molecular weight excluding hydrogens is 210 g/mol. The summed E-state index contributed by atoms with van der Waals surface area (Å²) in [4.78, 5) is 0. The SMILES string of the molecule is C/C=C/CCCCC[N+](CC)(CC)CC1CO1. The molecular formula is C15H30NO+. The van der Waals surface area contributed by atoms with E-state index < -0.39 is 0 Å². The summed E-state index contributed by atoms with van der Waals surface area (Å²) in [5.41, 5.74) is 0. The Morgan fingerprint density at radius 1 is 1.18 bits per heavy atom. The first-order valence-electron chi connectivity index (χ1n) is 7.34. The highest BCUT2D eigenvalue weighted by Crippen LogP contribution is 2.19. The van der Waals surface area contributed by atoms with Crippen LogP contribution in [0.25, 0.3) is 0 Å². The van der Waals surface area contributed by atoms with E-state index in [4.69, 9.17) is 4.74 Å². The number of rotatable bonds is 10. The quantitative estimate of drug-likeness (QED) is 0.247. The maximum Gasteiger partial charge on any atom is 0.130 e. The molecule has 0 amide bonds. The van der Waals surface area contributed by atoms with Crippen LogP contribution in [-0.2, 0) is 4.74 Å². The highest BCUT2D eigenvalue weighted by molar-refractivity contribution is 4.76. The second-order valence-electron chi connectivity index (χ2n) is 5.25. The average Bonchev–Trinajstić information content (AvgIpc) is 3.16. The molecule has 0 saturated carbocycles. The predicted molar refractivity (Wildman–Crippen MR) is 74.1 cm³/mol. The van der Waals surface area contributed by atoms with Crippen molar-refractivity contribution in [2.75, 3.05) is 32.8 Å². The largest absolute Gasteiger partial charge is 0.367 e. The lowest BCUT2D eigenvalue weighted by Gasteiger charge is -2.36. The molecule has 1 unspecified atom stereocenters. The molecule has 0 bridgehead atoms. The van der Waals surface area contributed by atoms with Gasteiger partial charge in [-0.15, -0.1) is 0 Å². The van der Waals surface area contributed by atoms with Crippen molar-refractivity contribution < 1.29 is 9.22 Å². The van der Waals surface area contributed by atoms with Crippen LogP contribution >= 0.6 is 0 Å². The Balaban J connectivity index is 2.18. The minimum absolute atomic E-state index is 0.568. The minimum atomic E-state index is 0.568. The van der Waals surface area contributed by atoms with Gasteiger partial charge in [-0.1, -0.05) is 12.2 Å². The van der Waals surface area contributed by atoms with Crippen molar-refractivity contribution in [3.63, 3.8) is 0 Å². The molecule has 1 atom stereocenters. The van der Waals surface area contributed by atoms with Crippen molar-refractivity contribution in [1.82, 2.24) is 0 Å². The van der Waals surface area contributed by atoms with Gasteiger partial charge in [-0.25, -0.2) is 0 Å². The normalized spacial score (nSPS) is 20.1. The summed E-state index contributed by atoms with van der Waals surface area (Å²) in [5, 5.41) is 0. The highest BCUT2D eigenvalue weighted by atomic mass is 16.6. The first-order valence-corrected chi connectivity index (χ1v) is 7.34. The van der Waals surface area contributed by atoms with Gasteiger partial charge in [0.1, 0.15) is 12.6 Å². The molecule has 17 heavy (non-hydrogen) atoms. The Kier molecular flexibility index (Phi) is 6.83. The molecule has 1 fully saturated rings. The second-order valence-corrected chi connectivity index (χ2v) is 5.25. The van der Waals surface area contributed by atoms with Crippen LogP contribution in [0.1, 0.15) is 46.5 Å². The zero-order valence-corrected chi connectivity index (χ0v) is 12.0. The van der Waals surface area contributed by atoms with E-state index in [9.17, 15) is 0 Å². The Bertz CT molecular complexity index is 217. The fraction of sp³-hybridized carbons (Fsp3) is 0.867. The van der Waals surface area contributed by atoms with Gasteiger partial charge >= 0.3 is 0 Å². The first kappa shape index (κ1) is 14.7. The first-order chi connectivity index (χ1) is 8.26. The van der Waals surface area contributed by atoms with Gasteiger partial charge in [0.05, 0.1) is 26.2 Å². The zero-order chi connectivity index (χ0) is 12.6. The van der Waals surface area contributed by atoms with Gasteiger partial charge in [-0.05, 0) is 46.5 Å². The minimum Gasteiger partial charge on any atom is -0.367 e. The lowest BCUT2D eigenvalue weighted by molar-refractivity contribution is -0.925. The van der Waals surface area contributed by atoms with Gasteiger partial charge in [0.15, 0.2) is 0 Å². The standard InChI is InChI=1S/C15H30NO/c1-4-7-8-9-10-11-12-16(5-2,6-3)13-15-14-17-15/h4,7,15H,5-6,8-14H2,1-3H3/q+1/b7-4+. The van der Waals surface area contributed by atoms with E-state index in [-0.39, 0.29) is 0 Å². The number of likely N-dealkylation sites (N-methyl/N-ethyl adjacent to an activating group) is 1. The molecule has 1 aliphatic rings. The van der Waals surface area contributed by atoms with Gasteiger partial charge in [-0.3, -0.25) is 0 Å². The van der Waals surface area contributed by atoms with E-state index in [1.165, 1.54) is 56.3 Å². The van der Waals surface area contributed by atoms with Crippen LogP contribution in [0.4, 0.5) is 0 Å². The van der Waals surface area contributed by atoms with E-state index in [2.05, 4.69) is 32.9 Å². The van der Waals surface area contributed by atoms with Gasteiger partial charge in [-0.2, -0.15) is 0 Å². The number of hydrogen-bond acceptors (Lipinski definition) is 1. The van der Waals surface area contributed by atoms with E-state index in [0.29, 0.717) is 6.10 Å². The molecule has 0 aliphatic carbocycles. The third-order valence-corrected chi connectivity index (χ3v) is 4.07. The number of nitrogens with zero attached hydrogens (tertiary/aromatic N) is 1. The lowest BCUT2D eigenvalue weighted by Crippen LogP contribution is -2.50. The fourth-order valence-corrected chi connectivity index (χ4v) is 2.55. The second kappa shape index (κ2) is 7.88. The molecule has 0 aromatic heterocycles. The van der Waals surface area contributed by atoms with Crippen LogP contribution in [-0.4, -0.2) is 43.4 Å². The smallest absolute Gasteiger partial charge is 0.130 e. The topological polar surface area (TPSA) is 12.5 Å². The lowest BCUT2D eigenvalue weighted by atomic mass is 10.1. The van der Waals surface area contributed by atoms with Gasteiger partial charge in [0.25, 0.3) is 0 Å². The third kappa shape index (κ3) is 5.69. The molecule has 100 valence electrons. The van der Waals surface area contributed by atoms with Crippen molar-refractivity contribution in [2.45, 2.75) is 52.6 Å². The van der Waals surface area contributed by atoms with Crippen molar-refractivity contribution in [3.05, 3.63) is 12.2 Å². The average molecular weight is 240 g/mol. The third-order valence-electron chi connectivity index (χ3n) is 4.07. The van der Waals surface area contributed by atoms with Crippen LogP contribution in [0.2, 0.25) is 0 Å². The molecule has 2 nitrogen and oxygen atoms in total. The monoisotopic (exact) mass is 240 g/mol. The molecule has 1 aliphatic heterocycles. The van der Waals surface area contributed by atoms with E-state index in [1.807, 2.05) is 0 Å². The number of epoxide rings is 1. The molecule has 0 aromatic rings. The van der Waals surface area contributed by atoms with Gasteiger partial charge < -0.3 is 9.22 Å². The van der Waals surface area contributed by atoms with E-state index in [1.54, 1.807) is 0 Å². The molecule has 0 N–H and O–H groups in total. The Hall–Kier alpha value is -0.340. The molecule has 1 rings (SSSR count). The Morgan fingerprint density at radius 2 is 1.88 bits per heavy atom. The number of quaternary nitrogens is 1. The Morgan fingerprint density at radius 3 is 2.41 bits per heavy atom. The fourth-order valence-electron chi connectivity index (χ4n) is 2.55. The number of hydrogen-bond donors (Lipinski definition) is 0. The van der Waals surface area contributed by atoms with E-state index >= 15 is 0 Å². The highest BCUT2D eigenvalue weighted by Gasteiger charge is 2.34. The molecule has 0 spiro atoms. The van der Waals surface area contributed by atoms with Crippen molar-refractivity contribution >= 4 is 0 Å². The van der Waals surface area contributed by atoms with Crippen molar-refractivity contribution in [3.8, 4) is 0 Å². The maximum atomic E-state index is 5.40. The van der Waals surface area contributed by atoms with Crippen LogP contribution in [0.3, 0.4) is 0 Å². The summed E-state index contributed by atoms with van der Waals surface area (Å²) in [6, 6.07) is 0. The van der Waals surface area contributed by atoms with Crippen LogP contribution in [0.5, 0.6) is 0 Å². The maximum absolute atomic E-state index is 5.40. The Labute approximate surface area is 107 Å². The summed E-state index contributed by atoms with van der Waals surface area (Å²) < 4.78 is 6.66. The molecule has 1 heterocycles. The predicted octanol–water partition coefficient (Wildman–Crippen LogP) is 3.38. The summed E-state index contributed by atoms with van der Waals surface area (Å²) >= 11 is 0. The molecule has 1 saturated heterocycles. The summed E-state index contributed by atoms with van der Waals surface area (Å²) in [6.45, 7) is 12.8.